The van der Waals surface area contributed by atoms with Gasteiger partial charge < -0.3 is 14.5 Å². The van der Waals surface area contributed by atoms with Crippen molar-refractivity contribution < 1.29 is 18.8 Å². The third-order valence-corrected chi connectivity index (χ3v) is 12.9. The molecule has 1 atom stereocenters. The van der Waals surface area contributed by atoms with Gasteiger partial charge in [0, 0.05) is 0 Å². The number of rotatable bonds is 12. The topological polar surface area (TPSA) is 64.6 Å². The molecule has 2 rings (SSSR count). The summed E-state index contributed by atoms with van der Waals surface area (Å²) in [7, 11) is -0.711. The number of carbonyl (C=O) groups excluding carboxylic acids is 2. The van der Waals surface area contributed by atoms with E-state index >= 15 is 0 Å². The smallest absolute Gasteiger partial charge is 0.309 e. The van der Waals surface area contributed by atoms with Crippen LogP contribution >= 0.6 is 0 Å². The van der Waals surface area contributed by atoms with Gasteiger partial charge in [0.1, 0.15) is 0 Å². The summed E-state index contributed by atoms with van der Waals surface area (Å²) in [5.41, 5.74) is 4.05. The maximum Gasteiger partial charge on any atom is 0.309 e. The van der Waals surface area contributed by atoms with Crippen LogP contribution in [0, 0.1) is 0 Å². The van der Waals surface area contributed by atoms with E-state index in [1.165, 1.54) is 7.11 Å². The van der Waals surface area contributed by atoms with Crippen molar-refractivity contribution in [1.82, 2.24) is 5.32 Å². The Balaban J connectivity index is 2.23. The van der Waals surface area contributed by atoms with Crippen LogP contribution in [-0.2, 0) is 31.6 Å². The molecule has 0 fully saturated rings. The summed E-state index contributed by atoms with van der Waals surface area (Å²) in [6, 6.07) is 17.3. The van der Waals surface area contributed by atoms with Gasteiger partial charge in [0.2, 0.25) is 5.91 Å². The fourth-order valence-corrected chi connectivity index (χ4v) is 10.6. The highest BCUT2D eigenvalue weighted by Gasteiger charge is 2.45. The minimum absolute atomic E-state index is 0.0966. The van der Waals surface area contributed by atoms with Crippen molar-refractivity contribution in [3.8, 4) is 0 Å². The summed E-state index contributed by atoms with van der Waals surface area (Å²) in [5.74, 6) is -0.415. The van der Waals surface area contributed by atoms with Gasteiger partial charge in [-0.25, -0.2) is 0 Å². The molecular weight excluding hydrogens is 442 g/mol. The molecule has 0 radical (unpaired) electrons. The molecule has 0 heterocycles. The van der Waals surface area contributed by atoms with Gasteiger partial charge in [-0.3, -0.25) is 9.59 Å². The SMILES string of the molecule is COC(=O)Cc1ccccc1CC(=O)N[C@@H](CO[Si](C(C)C)(C(C)C)C(C)C)c1ccccc1. The van der Waals surface area contributed by atoms with Crippen LogP contribution < -0.4 is 5.32 Å². The van der Waals surface area contributed by atoms with Gasteiger partial charge in [-0.05, 0) is 33.3 Å². The Morgan fingerprint density at radius 3 is 1.79 bits per heavy atom. The van der Waals surface area contributed by atoms with Crippen molar-refractivity contribution in [2.24, 2.45) is 0 Å². The molecule has 0 bridgehead atoms. The lowest BCUT2D eigenvalue weighted by Gasteiger charge is -2.43. The van der Waals surface area contributed by atoms with E-state index in [0.29, 0.717) is 23.2 Å². The lowest BCUT2D eigenvalue weighted by Crippen LogP contribution is -2.49. The van der Waals surface area contributed by atoms with Crippen LogP contribution in [0.1, 0.15) is 64.3 Å². The van der Waals surface area contributed by atoms with Crippen molar-refractivity contribution in [2.45, 2.75) is 77.0 Å². The van der Waals surface area contributed by atoms with Crippen molar-refractivity contribution in [3.63, 3.8) is 0 Å². The molecule has 0 saturated heterocycles. The lowest BCUT2D eigenvalue weighted by atomic mass is 10.0. The number of hydrogen-bond donors (Lipinski definition) is 1. The van der Waals surface area contributed by atoms with Gasteiger partial charge in [-0.15, -0.1) is 0 Å². The van der Waals surface area contributed by atoms with Gasteiger partial charge in [0.15, 0.2) is 8.32 Å². The number of hydrogen-bond acceptors (Lipinski definition) is 4. The Morgan fingerprint density at radius 1 is 0.794 bits per heavy atom. The van der Waals surface area contributed by atoms with E-state index in [0.717, 1.165) is 16.7 Å². The van der Waals surface area contributed by atoms with Crippen LogP contribution in [-0.4, -0.2) is 33.9 Å². The van der Waals surface area contributed by atoms with Crippen molar-refractivity contribution in [2.75, 3.05) is 13.7 Å². The minimum atomic E-state index is -2.08. The summed E-state index contributed by atoms with van der Waals surface area (Å²) < 4.78 is 11.6. The molecule has 2 aromatic carbocycles. The Kier molecular flexibility index (Phi) is 10.5. The molecule has 1 amide bonds. The predicted molar refractivity (Wildman–Crippen MR) is 140 cm³/mol. The lowest BCUT2D eigenvalue weighted by molar-refractivity contribution is -0.139. The van der Waals surface area contributed by atoms with Gasteiger partial charge >= 0.3 is 5.97 Å². The molecule has 186 valence electrons. The molecule has 0 spiro atoms. The van der Waals surface area contributed by atoms with Crippen molar-refractivity contribution >= 4 is 20.2 Å². The van der Waals surface area contributed by atoms with E-state index in [-0.39, 0.29) is 30.8 Å². The van der Waals surface area contributed by atoms with Gasteiger partial charge in [0.05, 0.1) is 32.6 Å². The van der Waals surface area contributed by atoms with Crippen LogP contribution in [0.2, 0.25) is 16.6 Å². The van der Waals surface area contributed by atoms with Gasteiger partial charge in [-0.2, -0.15) is 0 Å². The summed E-state index contributed by atoms with van der Waals surface area (Å²) >= 11 is 0. The summed E-state index contributed by atoms with van der Waals surface area (Å²) in [6.07, 6.45) is 0.341. The first kappa shape index (κ1) is 27.8. The highest BCUT2D eigenvalue weighted by Crippen LogP contribution is 2.42. The Labute approximate surface area is 206 Å². The number of amides is 1. The standard InChI is InChI=1S/C28H41NO4Si/c1-20(2)34(21(3)4,22(5)6)33-19-26(23-13-9-8-10-14-23)29-27(30)17-24-15-11-12-16-25(24)18-28(31)32-7/h8-16,20-22,26H,17-19H2,1-7H3,(H,29,30)/t26-/m0/s1. The van der Waals surface area contributed by atoms with E-state index in [1.54, 1.807) is 0 Å². The zero-order valence-corrected chi connectivity index (χ0v) is 22.8. The monoisotopic (exact) mass is 483 g/mol. The second kappa shape index (κ2) is 12.9. The number of nitrogens with one attached hydrogen (secondary N) is 1. The van der Waals surface area contributed by atoms with Gasteiger partial charge in [-0.1, -0.05) is 96.1 Å². The fourth-order valence-electron chi connectivity index (χ4n) is 5.18. The zero-order valence-electron chi connectivity index (χ0n) is 21.8. The predicted octanol–water partition coefficient (Wildman–Crippen LogP) is 5.99. The summed E-state index contributed by atoms with van der Waals surface area (Å²) in [6.45, 7) is 14.0. The molecule has 0 aromatic heterocycles. The fraction of sp³-hybridized carbons (Fsp3) is 0.500. The average Bonchev–Trinajstić information content (AvgIpc) is 2.79. The van der Waals surface area contributed by atoms with E-state index in [9.17, 15) is 9.59 Å². The number of methoxy groups -OCH3 is 1. The molecule has 34 heavy (non-hydrogen) atoms. The summed E-state index contributed by atoms with van der Waals surface area (Å²) in [5, 5.41) is 3.21. The van der Waals surface area contributed by atoms with Gasteiger partial charge in [0.25, 0.3) is 0 Å². The van der Waals surface area contributed by atoms with E-state index < -0.39 is 8.32 Å². The average molecular weight is 484 g/mol. The minimum Gasteiger partial charge on any atom is -0.469 e. The maximum absolute atomic E-state index is 13.2. The zero-order chi connectivity index (χ0) is 25.3. The maximum atomic E-state index is 13.2. The number of benzene rings is 2. The van der Waals surface area contributed by atoms with E-state index in [4.69, 9.17) is 9.16 Å². The second-order valence-electron chi connectivity index (χ2n) is 9.86. The highest BCUT2D eigenvalue weighted by molar-refractivity contribution is 6.77. The number of carbonyl (C=O) groups is 2. The van der Waals surface area contributed by atoms with E-state index in [2.05, 4.69) is 46.9 Å². The molecule has 5 nitrogen and oxygen atoms in total. The number of ether oxygens (including phenoxy) is 1. The van der Waals surface area contributed by atoms with Crippen LogP contribution in [0.25, 0.3) is 0 Å². The van der Waals surface area contributed by atoms with Crippen LogP contribution in [0.4, 0.5) is 0 Å². The first-order valence-corrected chi connectivity index (χ1v) is 14.4. The Hall–Kier alpha value is -2.44. The molecule has 0 saturated carbocycles. The first-order valence-electron chi connectivity index (χ1n) is 12.2. The van der Waals surface area contributed by atoms with Crippen LogP contribution in [0.3, 0.4) is 0 Å². The molecule has 0 aliphatic rings. The third kappa shape index (κ3) is 7.03. The number of esters is 1. The second-order valence-corrected chi connectivity index (χ2v) is 15.3. The third-order valence-electron chi connectivity index (χ3n) is 6.78. The van der Waals surface area contributed by atoms with E-state index in [1.807, 2.05) is 54.6 Å². The normalized spacial score (nSPS) is 12.8. The van der Waals surface area contributed by atoms with Crippen molar-refractivity contribution in [1.29, 1.82) is 0 Å². The molecular formula is C28H41NO4Si. The Bertz CT molecular complexity index is 905. The van der Waals surface area contributed by atoms with Crippen molar-refractivity contribution in [3.05, 3.63) is 71.3 Å². The molecule has 0 aliphatic carbocycles. The summed E-state index contributed by atoms with van der Waals surface area (Å²) in [4.78, 5) is 24.9. The first-order chi connectivity index (χ1) is 16.1. The van der Waals surface area contributed by atoms with Crippen LogP contribution in [0.5, 0.6) is 0 Å². The molecule has 6 heteroatoms. The molecule has 0 unspecified atom stereocenters. The molecule has 2 aromatic rings. The highest BCUT2D eigenvalue weighted by atomic mass is 28.4. The largest absolute Gasteiger partial charge is 0.469 e. The molecule has 1 N–H and O–H groups in total. The van der Waals surface area contributed by atoms with Crippen LogP contribution in [0.15, 0.2) is 54.6 Å². The molecule has 0 aliphatic heterocycles. The quantitative estimate of drug-likeness (QED) is 0.297. The Morgan fingerprint density at radius 2 is 1.29 bits per heavy atom.